The molecule has 0 bridgehead atoms. The lowest BCUT2D eigenvalue weighted by Crippen LogP contribution is -2.15. The van der Waals surface area contributed by atoms with E-state index in [4.69, 9.17) is 4.74 Å². The van der Waals surface area contributed by atoms with Gasteiger partial charge in [0.05, 0.1) is 34.5 Å². The molecule has 2 N–H and O–H groups in total. The average Bonchev–Trinajstić information content (AvgIpc) is 3.42. The van der Waals surface area contributed by atoms with E-state index in [2.05, 4.69) is 20.6 Å². The molecule has 4 rings (SSSR count). The van der Waals surface area contributed by atoms with E-state index >= 15 is 0 Å². The third kappa shape index (κ3) is 4.78. The minimum Gasteiger partial charge on any atom is -0.494 e. The second-order valence-corrected chi connectivity index (χ2v) is 8.59. The van der Waals surface area contributed by atoms with Crippen molar-refractivity contribution in [3.05, 3.63) is 51.7 Å². The minimum atomic E-state index is -0.213. The number of fused-ring (bicyclic) bond motifs is 1. The number of benzene rings is 1. The lowest BCUT2D eigenvalue weighted by atomic mass is 10.3. The van der Waals surface area contributed by atoms with Crippen LogP contribution in [0.3, 0.4) is 0 Å². The van der Waals surface area contributed by atoms with Crippen molar-refractivity contribution in [2.45, 2.75) is 13.3 Å². The molecule has 0 aliphatic heterocycles. The molecule has 29 heavy (non-hydrogen) atoms. The molecule has 148 valence electrons. The van der Waals surface area contributed by atoms with Crippen molar-refractivity contribution >= 4 is 66.3 Å². The summed E-state index contributed by atoms with van der Waals surface area (Å²) >= 11 is 4.13. The van der Waals surface area contributed by atoms with Gasteiger partial charge < -0.3 is 10.1 Å². The van der Waals surface area contributed by atoms with E-state index < -0.39 is 0 Å². The van der Waals surface area contributed by atoms with Gasteiger partial charge in [0.2, 0.25) is 5.91 Å². The maximum absolute atomic E-state index is 12.4. The van der Waals surface area contributed by atoms with Crippen molar-refractivity contribution in [1.82, 2.24) is 9.97 Å². The van der Waals surface area contributed by atoms with Crippen LogP contribution in [0.25, 0.3) is 10.2 Å². The minimum absolute atomic E-state index is 0.102. The summed E-state index contributed by atoms with van der Waals surface area (Å²) in [6.45, 7) is 2.53. The molecule has 3 heterocycles. The first-order valence-corrected chi connectivity index (χ1v) is 11.4. The summed E-state index contributed by atoms with van der Waals surface area (Å²) in [5.41, 5.74) is 1.99. The molecule has 4 aromatic rings. The monoisotopic (exact) mass is 444 g/mol. The lowest BCUT2D eigenvalue weighted by Gasteiger charge is -2.00. The van der Waals surface area contributed by atoms with Crippen LogP contribution >= 0.6 is 34.0 Å². The molecule has 10 heteroatoms. The van der Waals surface area contributed by atoms with E-state index in [9.17, 15) is 9.59 Å². The van der Waals surface area contributed by atoms with Gasteiger partial charge in [-0.15, -0.1) is 11.3 Å². The first-order chi connectivity index (χ1) is 14.1. The molecule has 0 aliphatic rings. The van der Waals surface area contributed by atoms with Gasteiger partial charge in [0, 0.05) is 10.8 Å². The highest BCUT2D eigenvalue weighted by Gasteiger charge is 2.13. The number of hydrogen-bond acceptors (Lipinski definition) is 8. The number of carbonyl (C=O) groups excluding carboxylic acids is 2. The Morgan fingerprint density at radius 1 is 1.10 bits per heavy atom. The van der Waals surface area contributed by atoms with Crippen LogP contribution in [0.15, 0.2) is 40.4 Å². The van der Waals surface area contributed by atoms with Gasteiger partial charge in [0.1, 0.15) is 5.75 Å². The summed E-state index contributed by atoms with van der Waals surface area (Å²) in [6, 6.07) is 7.39. The number of anilines is 2. The van der Waals surface area contributed by atoms with Gasteiger partial charge in [-0.05, 0) is 36.6 Å². The number of amides is 2. The Kier molecular flexibility index (Phi) is 5.84. The van der Waals surface area contributed by atoms with Crippen LogP contribution < -0.4 is 15.4 Å². The van der Waals surface area contributed by atoms with E-state index in [0.717, 1.165) is 16.0 Å². The van der Waals surface area contributed by atoms with Gasteiger partial charge in [-0.2, -0.15) is 11.3 Å². The van der Waals surface area contributed by atoms with Crippen molar-refractivity contribution in [3.8, 4) is 5.75 Å². The fourth-order valence-electron chi connectivity index (χ4n) is 2.55. The zero-order valence-corrected chi connectivity index (χ0v) is 17.7. The van der Waals surface area contributed by atoms with Crippen molar-refractivity contribution in [3.63, 3.8) is 0 Å². The number of ether oxygens (including phenoxy) is 1. The standard InChI is InChI=1S/C19H16N4O3S3/c1-2-26-13-3-4-14-15(8-13)29-19(21-14)22-16(24)7-12-10-28-18(20-12)23-17(25)11-5-6-27-9-11/h3-6,8-10H,2,7H2,1H3,(H,20,23,25)(H,21,22,24). The van der Waals surface area contributed by atoms with Crippen molar-refractivity contribution in [1.29, 1.82) is 0 Å². The maximum Gasteiger partial charge on any atom is 0.258 e. The Labute approximate surface area is 178 Å². The Morgan fingerprint density at radius 3 is 2.79 bits per heavy atom. The van der Waals surface area contributed by atoms with E-state index in [1.807, 2.05) is 30.5 Å². The third-order valence-corrected chi connectivity index (χ3v) is 6.24. The Morgan fingerprint density at radius 2 is 2.00 bits per heavy atom. The number of thiophene rings is 1. The second-order valence-electron chi connectivity index (χ2n) is 5.92. The van der Waals surface area contributed by atoms with Gasteiger partial charge >= 0.3 is 0 Å². The van der Waals surface area contributed by atoms with Crippen LogP contribution in [0, 0.1) is 0 Å². The molecule has 0 spiro atoms. The van der Waals surface area contributed by atoms with Crippen molar-refractivity contribution in [2.24, 2.45) is 0 Å². The molecule has 0 unspecified atom stereocenters. The van der Waals surface area contributed by atoms with Crippen LogP contribution in [-0.4, -0.2) is 28.4 Å². The van der Waals surface area contributed by atoms with Gasteiger partial charge in [-0.1, -0.05) is 11.3 Å². The fraction of sp³-hybridized carbons (Fsp3) is 0.158. The highest BCUT2D eigenvalue weighted by Crippen LogP contribution is 2.29. The largest absolute Gasteiger partial charge is 0.494 e. The highest BCUT2D eigenvalue weighted by atomic mass is 32.1. The zero-order chi connectivity index (χ0) is 20.2. The number of thiazole rings is 2. The number of aromatic nitrogens is 2. The average molecular weight is 445 g/mol. The fourth-order valence-corrected chi connectivity index (χ4v) is 4.80. The Balaban J connectivity index is 1.37. The molecular formula is C19H16N4O3S3. The molecule has 7 nitrogen and oxygen atoms in total. The second kappa shape index (κ2) is 8.68. The van der Waals surface area contributed by atoms with Crippen molar-refractivity contribution in [2.75, 3.05) is 17.2 Å². The molecule has 0 fully saturated rings. The smallest absolute Gasteiger partial charge is 0.258 e. The number of rotatable bonds is 7. The summed E-state index contributed by atoms with van der Waals surface area (Å²) in [7, 11) is 0. The normalized spacial score (nSPS) is 10.8. The molecule has 0 saturated heterocycles. The van der Waals surface area contributed by atoms with E-state index in [-0.39, 0.29) is 18.2 Å². The topological polar surface area (TPSA) is 93.2 Å². The van der Waals surface area contributed by atoms with E-state index in [1.54, 1.807) is 16.8 Å². The third-order valence-electron chi connectivity index (χ3n) is 3.81. The lowest BCUT2D eigenvalue weighted by molar-refractivity contribution is -0.115. The van der Waals surface area contributed by atoms with E-state index in [0.29, 0.717) is 28.1 Å². The Hall–Kier alpha value is -2.82. The maximum atomic E-state index is 12.4. The summed E-state index contributed by atoms with van der Waals surface area (Å²) < 4.78 is 6.43. The molecule has 0 atom stereocenters. The number of carbonyl (C=O) groups is 2. The predicted molar refractivity (Wildman–Crippen MR) is 118 cm³/mol. The highest BCUT2D eigenvalue weighted by molar-refractivity contribution is 7.22. The van der Waals surface area contributed by atoms with Gasteiger partial charge in [-0.3, -0.25) is 14.9 Å². The van der Waals surface area contributed by atoms with Crippen LogP contribution in [0.4, 0.5) is 10.3 Å². The molecule has 0 saturated carbocycles. The number of nitrogens with one attached hydrogen (secondary N) is 2. The predicted octanol–water partition coefficient (Wildman–Crippen LogP) is 4.65. The SMILES string of the molecule is CCOc1ccc2nc(NC(=O)Cc3csc(NC(=O)c4ccsc4)n3)sc2c1. The molecule has 1 aromatic carbocycles. The Bertz CT molecular complexity index is 1150. The first-order valence-electron chi connectivity index (χ1n) is 8.72. The quantitative estimate of drug-likeness (QED) is 0.433. The van der Waals surface area contributed by atoms with Gasteiger partial charge in [-0.25, -0.2) is 9.97 Å². The molecule has 3 aromatic heterocycles. The van der Waals surface area contributed by atoms with Crippen LogP contribution in [0.1, 0.15) is 23.0 Å². The number of hydrogen-bond donors (Lipinski definition) is 2. The van der Waals surface area contributed by atoms with Crippen molar-refractivity contribution < 1.29 is 14.3 Å². The van der Waals surface area contributed by atoms with Crippen LogP contribution in [0.2, 0.25) is 0 Å². The zero-order valence-electron chi connectivity index (χ0n) is 15.3. The molecule has 2 amide bonds. The summed E-state index contributed by atoms with van der Waals surface area (Å²) in [5, 5.41) is 11.9. The van der Waals surface area contributed by atoms with Crippen LogP contribution in [-0.2, 0) is 11.2 Å². The molecular weight excluding hydrogens is 428 g/mol. The first kappa shape index (κ1) is 19.5. The summed E-state index contributed by atoms with van der Waals surface area (Å²) in [6.07, 6.45) is 0.102. The number of nitrogens with zero attached hydrogens (tertiary/aromatic N) is 2. The van der Waals surface area contributed by atoms with Gasteiger partial charge in [0.25, 0.3) is 5.91 Å². The van der Waals surface area contributed by atoms with Gasteiger partial charge in [0.15, 0.2) is 10.3 Å². The summed E-state index contributed by atoms with van der Waals surface area (Å²) in [4.78, 5) is 33.2. The summed E-state index contributed by atoms with van der Waals surface area (Å²) in [5.74, 6) is 0.355. The molecule has 0 radical (unpaired) electrons. The molecule has 0 aliphatic carbocycles. The van der Waals surface area contributed by atoms with Crippen LogP contribution in [0.5, 0.6) is 5.75 Å². The van der Waals surface area contributed by atoms with E-state index in [1.165, 1.54) is 34.0 Å².